The zero-order valence-electron chi connectivity index (χ0n) is 7.24. The van der Waals surface area contributed by atoms with Crippen molar-refractivity contribution in [2.45, 2.75) is 6.92 Å². The van der Waals surface area contributed by atoms with Gasteiger partial charge >= 0.3 is 0 Å². The van der Waals surface area contributed by atoms with Gasteiger partial charge in [0.2, 0.25) is 0 Å². The van der Waals surface area contributed by atoms with Crippen LogP contribution < -0.4 is 9.64 Å². The fourth-order valence-electron chi connectivity index (χ4n) is 1.25. The fraction of sp³-hybridized carbons (Fsp3) is 0.200. The number of fused-ring (bicyclic) bond motifs is 1. The summed E-state index contributed by atoms with van der Waals surface area (Å²) in [7, 11) is 2.03. The predicted molar refractivity (Wildman–Crippen MR) is 49.2 cm³/mol. The van der Waals surface area contributed by atoms with E-state index >= 15 is 0 Å². The van der Waals surface area contributed by atoms with Gasteiger partial charge in [-0.2, -0.15) is 0 Å². The van der Waals surface area contributed by atoms with Gasteiger partial charge in [-0.15, -0.1) is 0 Å². The smallest absolute Gasteiger partial charge is 0.150 e. The van der Waals surface area contributed by atoms with Gasteiger partial charge in [0.1, 0.15) is 12.0 Å². The monoisotopic (exact) mass is 161 g/mol. The Kier molecular flexibility index (Phi) is 1.54. The normalized spacial score (nSPS) is 14.8. The number of hydrogen-bond acceptors (Lipinski definition) is 2. The molecule has 2 nitrogen and oxygen atoms in total. The molecule has 1 aliphatic rings. The maximum absolute atomic E-state index is 5.40. The van der Waals surface area contributed by atoms with Crippen LogP contribution in [0.4, 0.5) is 5.69 Å². The summed E-state index contributed by atoms with van der Waals surface area (Å²) < 4.78 is 5.40. The van der Waals surface area contributed by atoms with E-state index in [9.17, 15) is 0 Å². The number of allylic oxidation sites excluding steroid dienone is 1. The van der Waals surface area contributed by atoms with Crippen molar-refractivity contribution in [1.82, 2.24) is 0 Å². The Morgan fingerprint density at radius 1 is 1.25 bits per heavy atom. The molecule has 62 valence electrons. The molecule has 1 aromatic rings. The highest BCUT2D eigenvalue weighted by Crippen LogP contribution is 2.32. The van der Waals surface area contributed by atoms with Crippen molar-refractivity contribution in [2.75, 3.05) is 11.9 Å². The van der Waals surface area contributed by atoms with E-state index in [-0.39, 0.29) is 0 Å². The first-order valence-electron chi connectivity index (χ1n) is 3.95. The summed E-state index contributed by atoms with van der Waals surface area (Å²) in [6.45, 7) is 2.02. The molecule has 1 aliphatic heterocycles. The number of anilines is 1. The van der Waals surface area contributed by atoms with Crippen LogP contribution in [-0.2, 0) is 0 Å². The molecule has 0 spiro atoms. The second-order valence-corrected chi connectivity index (χ2v) is 2.90. The van der Waals surface area contributed by atoms with Crippen LogP contribution in [0.1, 0.15) is 6.92 Å². The zero-order valence-corrected chi connectivity index (χ0v) is 7.24. The summed E-state index contributed by atoms with van der Waals surface area (Å²) in [5, 5.41) is 0. The summed E-state index contributed by atoms with van der Waals surface area (Å²) >= 11 is 0. The molecule has 0 atom stereocenters. The summed E-state index contributed by atoms with van der Waals surface area (Å²) in [6.07, 6.45) is 1.77. The van der Waals surface area contributed by atoms with E-state index in [0.29, 0.717) is 0 Å². The van der Waals surface area contributed by atoms with Gasteiger partial charge in [0.25, 0.3) is 0 Å². The molecule has 0 unspecified atom stereocenters. The van der Waals surface area contributed by atoms with Crippen LogP contribution in [0, 0.1) is 0 Å². The minimum Gasteiger partial charge on any atom is -0.461 e. The van der Waals surface area contributed by atoms with Gasteiger partial charge in [-0.25, -0.2) is 0 Å². The van der Waals surface area contributed by atoms with Crippen molar-refractivity contribution in [3.63, 3.8) is 0 Å². The number of para-hydroxylation sites is 2. The Morgan fingerprint density at radius 3 is 2.83 bits per heavy atom. The average Bonchev–Trinajstić information content (AvgIpc) is 2.12. The number of ether oxygens (including phenoxy) is 1. The Balaban J connectivity index is 2.49. The van der Waals surface area contributed by atoms with Crippen molar-refractivity contribution in [2.24, 2.45) is 0 Å². The molecule has 0 radical (unpaired) electrons. The number of rotatable bonds is 0. The van der Waals surface area contributed by atoms with Crippen LogP contribution in [0.15, 0.2) is 36.2 Å². The SMILES string of the molecule is CC1=COc2ccccc2N1C. The minimum atomic E-state index is 0.922. The summed E-state index contributed by atoms with van der Waals surface area (Å²) in [6, 6.07) is 8.00. The highest BCUT2D eigenvalue weighted by atomic mass is 16.5. The first-order valence-corrected chi connectivity index (χ1v) is 3.95. The quantitative estimate of drug-likeness (QED) is 0.579. The van der Waals surface area contributed by atoms with Crippen LogP contribution in [0.5, 0.6) is 5.75 Å². The topological polar surface area (TPSA) is 12.5 Å². The third-order valence-corrected chi connectivity index (χ3v) is 2.11. The van der Waals surface area contributed by atoms with E-state index in [1.165, 1.54) is 0 Å². The first kappa shape index (κ1) is 7.22. The van der Waals surface area contributed by atoms with E-state index < -0.39 is 0 Å². The van der Waals surface area contributed by atoms with Crippen LogP contribution in [0.25, 0.3) is 0 Å². The number of benzene rings is 1. The van der Waals surface area contributed by atoms with Crippen LogP contribution in [-0.4, -0.2) is 7.05 Å². The maximum atomic E-state index is 5.40. The maximum Gasteiger partial charge on any atom is 0.150 e. The van der Waals surface area contributed by atoms with Crippen molar-refractivity contribution in [3.05, 3.63) is 36.2 Å². The molecule has 12 heavy (non-hydrogen) atoms. The highest BCUT2D eigenvalue weighted by molar-refractivity contribution is 5.63. The Hall–Kier alpha value is -1.44. The Morgan fingerprint density at radius 2 is 2.00 bits per heavy atom. The third-order valence-electron chi connectivity index (χ3n) is 2.11. The molecular formula is C10H11NO. The molecule has 1 aromatic carbocycles. The lowest BCUT2D eigenvalue weighted by molar-refractivity contribution is 0.464. The fourth-order valence-corrected chi connectivity index (χ4v) is 1.25. The third kappa shape index (κ3) is 0.961. The van der Waals surface area contributed by atoms with Crippen molar-refractivity contribution >= 4 is 5.69 Å². The van der Waals surface area contributed by atoms with Gasteiger partial charge in [0.15, 0.2) is 0 Å². The molecule has 0 saturated heterocycles. The van der Waals surface area contributed by atoms with Gasteiger partial charge in [-0.1, -0.05) is 12.1 Å². The molecule has 0 amide bonds. The van der Waals surface area contributed by atoms with Gasteiger partial charge in [0, 0.05) is 7.05 Å². The van der Waals surface area contributed by atoms with Gasteiger partial charge in [0.05, 0.1) is 11.4 Å². The lowest BCUT2D eigenvalue weighted by Crippen LogP contribution is -2.18. The van der Waals surface area contributed by atoms with Crippen molar-refractivity contribution in [1.29, 1.82) is 0 Å². The lowest BCUT2D eigenvalue weighted by atomic mass is 10.2. The van der Waals surface area contributed by atoms with Gasteiger partial charge < -0.3 is 9.64 Å². The van der Waals surface area contributed by atoms with Crippen LogP contribution in [0.2, 0.25) is 0 Å². The molecular weight excluding hydrogens is 150 g/mol. The standard InChI is InChI=1S/C10H11NO/c1-8-7-12-10-6-4-3-5-9(10)11(8)2/h3-7H,1-2H3. The van der Waals surface area contributed by atoms with Crippen LogP contribution in [0.3, 0.4) is 0 Å². The molecule has 0 fully saturated rings. The molecule has 0 saturated carbocycles. The van der Waals surface area contributed by atoms with Crippen molar-refractivity contribution in [3.8, 4) is 5.75 Å². The summed E-state index contributed by atoms with van der Waals surface area (Å²) in [5.74, 6) is 0.922. The van der Waals surface area contributed by atoms with E-state index in [1.54, 1.807) is 6.26 Å². The summed E-state index contributed by atoms with van der Waals surface area (Å²) in [5.41, 5.74) is 2.24. The van der Waals surface area contributed by atoms with E-state index in [2.05, 4.69) is 4.90 Å². The molecule has 0 aliphatic carbocycles. The average molecular weight is 161 g/mol. The molecule has 0 aromatic heterocycles. The molecule has 2 heteroatoms. The van der Waals surface area contributed by atoms with E-state index in [4.69, 9.17) is 4.74 Å². The first-order chi connectivity index (χ1) is 5.79. The predicted octanol–water partition coefficient (Wildman–Crippen LogP) is 2.38. The second kappa shape index (κ2) is 2.55. The molecule has 0 N–H and O–H groups in total. The Bertz CT molecular complexity index is 330. The molecule has 2 rings (SSSR count). The zero-order chi connectivity index (χ0) is 8.55. The van der Waals surface area contributed by atoms with Gasteiger partial charge in [-0.3, -0.25) is 0 Å². The molecule has 1 heterocycles. The van der Waals surface area contributed by atoms with E-state index in [0.717, 1.165) is 17.1 Å². The summed E-state index contributed by atoms with van der Waals surface area (Å²) in [4.78, 5) is 2.11. The van der Waals surface area contributed by atoms with Crippen molar-refractivity contribution < 1.29 is 4.74 Å². The van der Waals surface area contributed by atoms with Crippen LogP contribution >= 0.6 is 0 Å². The van der Waals surface area contributed by atoms with Gasteiger partial charge in [-0.05, 0) is 19.1 Å². The second-order valence-electron chi connectivity index (χ2n) is 2.90. The largest absolute Gasteiger partial charge is 0.461 e. The highest BCUT2D eigenvalue weighted by Gasteiger charge is 2.13. The van der Waals surface area contributed by atoms with E-state index in [1.807, 2.05) is 38.2 Å². The minimum absolute atomic E-state index is 0.922. The number of nitrogens with zero attached hydrogens (tertiary/aromatic N) is 1. The lowest BCUT2D eigenvalue weighted by Gasteiger charge is -2.26. The molecule has 0 bridgehead atoms. The number of hydrogen-bond donors (Lipinski definition) is 0. The Labute approximate surface area is 72.1 Å².